The van der Waals surface area contributed by atoms with Gasteiger partial charge in [0.05, 0.1) is 6.26 Å². The molecule has 6 heteroatoms. The quantitative estimate of drug-likeness (QED) is 0.779. The monoisotopic (exact) mass is 313 g/mol. The van der Waals surface area contributed by atoms with Crippen molar-refractivity contribution < 1.29 is 8.42 Å². The lowest BCUT2D eigenvalue weighted by molar-refractivity contribution is 0.245. The molecule has 5 nitrogen and oxygen atoms in total. The summed E-state index contributed by atoms with van der Waals surface area (Å²) >= 11 is 0. The average Bonchev–Trinajstić information content (AvgIpc) is 2.86. The van der Waals surface area contributed by atoms with E-state index in [1.54, 1.807) is 4.31 Å². The van der Waals surface area contributed by atoms with E-state index >= 15 is 0 Å². The van der Waals surface area contributed by atoms with Crippen LogP contribution in [0.5, 0.6) is 0 Å². The molecule has 1 unspecified atom stereocenters. The van der Waals surface area contributed by atoms with Crippen molar-refractivity contribution in [3.63, 3.8) is 0 Å². The molecule has 120 valence electrons. The Balaban J connectivity index is 1.94. The number of rotatable bonds is 7. The molecule has 1 aliphatic rings. The molecule has 1 aromatic heterocycles. The van der Waals surface area contributed by atoms with E-state index in [1.807, 2.05) is 0 Å². The van der Waals surface area contributed by atoms with Crippen molar-refractivity contribution in [1.82, 2.24) is 14.2 Å². The Labute approximate surface area is 128 Å². The lowest BCUT2D eigenvalue weighted by atomic mass is 9.99. The molecule has 1 aliphatic heterocycles. The summed E-state index contributed by atoms with van der Waals surface area (Å²) in [6.45, 7) is 6.29. The van der Waals surface area contributed by atoms with Crippen LogP contribution in [0.25, 0.3) is 0 Å². The normalized spacial score (nSPS) is 20.8. The number of aromatic nitrogens is 1. The SMILES string of the molecule is CCCNCc1cccn1CC1CCCN(S(C)(=O)=O)C1. The minimum absolute atomic E-state index is 0.408. The van der Waals surface area contributed by atoms with Gasteiger partial charge in [-0.1, -0.05) is 6.92 Å². The van der Waals surface area contributed by atoms with Gasteiger partial charge in [-0.25, -0.2) is 12.7 Å². The second kappa shape index (κ2) is 7.42. The molecule has 1 atom stereocenters. The second-order valence-electron chi connectivity index (χ2n) is 5.96. The van der Waals surface area contributed by atoms with E-state index in [0.717, 1.165) is 38.9 Å². The maximum absolute atomic E-state index is 11.7. The molecule has 1 N–H and O–H groups in total. The highest BCUT2D eigenvalue weighted by molar-refractivity contribution is 7.88. The fraction of sp³-hybridized carbons (Fsp3) is 0.733. The fourth-order valence-corrected chi connectivity index (χ4v) is 3.88. The number of nitrogens with zero attached hydrogens (tertiary/aromatic N) is 2. The summed E-state index contributed by atoms with van der Waals surface area (Å²) in [4.78, 5) is 0. The van der Waals surface area contributed by atoms with Gasteiger partial charge in [0.15, 0.2) is 0 Å². The smallest absolute Gasteiger partial charge is 0.211 e. The first kappa shape index (κ1) is 16.5. The Morgan fingerprint density at radius 3 is 2.95 bits per heavy atom. The van der Waals surface area contributed by atoms with Gasteiger partial charge in [0.25, 0.3) is 0 Å². The molecular formula is C15H27N3O2S. The average molecular weight is 313 g/mol. The van der Waals surface area contributed by atoms with Crippen LogP contribution in [-0.2, 0) is 23.1 Å². The van der Waals surface area contributed by atoms with Gasteiger partial charge >= 0.3 is 0 Å². The van der Waals surface area contributed by atoms with E-state index in [0.29, 0.717) is 19.0 Å². The first-order valence-electron chi connectivity index (χ1n) is 7.80. The number of hydrogen-bond acceptors (Lipinski definition) is 3. The van der Waals surface area contributed by atoms with Crippen LogP contribution < -0.4 is 5.32 Å². The van der Waals surface area contributed by atoms with Crippen molar-refractivity contribution in [3.8, 4) is 0 Å². The lowest BCUT2D eigenvalue weighted by Crippen LogP contribution is -2.40. The third-order valence-electron chi connectivity index (χ3n) is 4.06. The van der Waals surface area contributed by atoms with Crippen LogP contribution in [0.4, 0.5) is 0 Å². The summed E-state index contributed by atoms with van der Waals surface area (Å²) in [7, 11) is -3.05. The predicted octanol–water partition coefficient (Wildman–Crippen LogP) is 1.66. The Bertz CT molecular complexity index is 539. The van der Waals surface area contributed by atoms with Crippen molar-refractivity contribution >= 4 is 10.0 Å². The molecule has 2 heterocycles. The highest BCUT2D eigenvalue weighted by Crippen LogP contribution is 2.21. The summed E-state index contributed by atoms with van der Waals surface area (Å²) in [5.74, 6) is 0.408. The van der Waals surface area contributed by atoms with Crippen molar-refractivity contribution in [2.45, 2.75) is 39.3 Å². The molecule has 0 aromatic carbocycles. The zero-order valence-corrected chi connectivity index (χ0v) is 13.9. The minimum Gasteiger partial charge on any atom is -0.350 e. The Hall–Kier alpha value is -0.850. The van der Waals surface area contributed by atoms with Gasteiger partial charge in [-0.15, -0.1) is 0 Å². The highest BCUT2D eigenvalue weighted by atomic mass is 32.2. The fourth-order valence-electron chi connectivity index (χ4n) is 2.94. The van der Waals surface area contributed by atoms with Gasteiger partial charge in [-0.3, -0.25) is 0 Å². The molecule has 1 aromatic rings. The summed E-state index contributed by atoms with van der Waals surface area (Å²) in [6.07, 6.45) is 6.61. The van der Waals surface area contributed by atoms with E-state index < -0.39 is 10.0 Å². The lowest BCUT2D eigenvalue weighted by Gasteiger charge is -2.31. The number of sulfonamides is 1. The molecule has 0 radical (unpaired) electrons. The van der Waals surface area contributed by atoms with Gasteiger partial charge in [0.2, 0.25) is 10.0 Å². The maximum atomic E-state index is 11.7. The summed E-state index contributed by atoms with van der Waals surface area (Å²) < 4.78 is 27.3. The molecule has 1 saturated heterocycles. The zero-order valence-electron chi connectivity index (χ0n) is 13.1. The maximum Gasteiger partial charge on any atom is 0.211 e. The second-order valence-corrected chi connectivity index (χ2v) is 7.94. The van der Waals surface area contributed by atoms with Crippen LogP contribution >= 0.6 is 0 Å². The van der Waals surface area contributed by atoms with E-state index in [2.05, 4.69) is 35.1 Å². The van der Waals surface area contributed by atoms with Crippen LogP contribution in [0.3, 0.4) is 0 Å². The molecule has 0 aliphatic carbocycles. The summed E-state index contributed by atoms with van der Waals surface area (Å²) in [5.41, 5.74) is 1.28. The largest absolute Gasteiger partial charge is 0.350 e. The molecule has 1 fully saturated rings. The first-order chi connectivity index (χ1) is 10.0. The minimum atomic E-state index is -3.05. The molecule has 0 spiro atoms. The Kier molecular flexibility index (Phi) is 5.84. The van der Waals surface area contributed by atoms with Crippen LogP contribution in [0, 0.1) is 5.92 Å². The van der Waals surface area contributed by atoms with Crippen LogP contribution in [0.2, 0.25) is 0 Å². The molecular weight excluding hydrogens is 286 g/mol. The van der Waals surface area contributed by atoms with Crippen LogP contribution in [-0.4, -0.2) is 43.2 Å². The van der Waals surface area contributed by atoms with E-state index in [9.17, 15) is 8.42 Å². The standard InChI is InChI=1S/C15H27N3O2S/c1-3-8-16-11-15-7-5-9-17(15)12-14-6-4-10-18(13-14)21(2,19)20/h5,7,9,14,16H,3-4,6,8,10-13H2,1-2H3. The molecule has 0 amide bonds. The van der Waals surface area contributed by atoms with Gasteiger partial charge in [-0.05, 0) is 43.9 Å². The number of nitrogens with one attached hydrogen (secondary N) is 1. The predicted molar refractivity (Wildman–Crippen MR) is 85.6 cm³/mol. The Morgan fingerprint density at radius 1 is 1.43 bits per heavy atom. The van der Waals surface area contributed by atoms with E-state index in [-0.39, 0.29) is 0 Å². The third-order valence-corrected chi connectivity index (χ3v) is 5.33. The van der Waals surface area contributed by atoms with Gasteiger partial charge in [0.1, 0.15) is 0 Å². The third kappa shape index (κ3) is 4.83. The van der Waals surface area contributed by atoms with E-state index in [4.69, 9.17) is 0 Å². The van der Waals surface area contributed by atoms with Crippen LogP contribution in [0.15, 0.2) is 18.3 Å². The number of hydrogen-bond donors (Lipinski definition) is 1. The topological polar surface area (TPSA) is 54.3 Å². The molecule has 0 bridgehead atoms. The zero-order chi connectivity index (χ0) is 15.3. The van der Waals surface area contributed by atoms with Crippen molar-refractivity contribution in [3.05, 3.63) is 24.0 Å². The van der Waals surface area contributed by atoms with Gasteiger partial charge < -0.3 is 9.88 Å². The van der Waals surface area contributed by atoms with Crippen LogP contribution in [0.1, 0.15) is 31.9 Å². The van der Waals surface area contributed by atoms with Crippen molar-refractivity contribution in [2.75, 3.05) is 25.9 Å². The molecule has 0 saturated carbocycles. The van der Waals surface area contributed by atoms with Crippen molar-refractivity contribution in [2.24, 2.45) is 5.92 Å². The van der Waals surface area contributed by atoms with Gasteiger partial charge in [-0.2, -0.15) is 0 Å². The summed E-state index contributed by atoms with van der Waals surface area (Å²) in [6, 6.07) is 4.21. The highest BCUT2D eigenvalue weighted by Gasteiger charge is 2.26. The van der Waals surface area contributed by atoms with E-state index in [1.165, 1.54) is 11.9 Å². The summed E-state index contributed by atoms with van der Waals surface area (Å²) in [5, 5.41) is 3.42. The first-order valence-corrected chi connectivity index (χ1v) is 9.65. The molecule has 21 heavy (non-hydrogen) atoms. The van der Waals surface area contributed by atoms with Gasteiger partial charge in [0, 0.05) is 38.1 Å². The number of piperidine rings is 1. The Morgan fingerprint density at radius 2 is 2.24 bits per heavy atom. The van der Waals surface area contributed by atoms with Crippen molar-refractivity contribution in [1.29, 1.82) is 0 Å². The molecule has 2 rings (SSSR count).